The first kappa shape index (κ1) is 22.7. The van der Waals surface area contributed by atoms with Gasteiger partial charge in [-0.05, 0) is 39.8 Å². The highest BCUT2D eigenvalue weighted by molar-refractivity contribution is 5.87. The molecule has 3 aromatic rings. The minimum absolute atomic E-state index is 0.0169. The van der Waals surface area contributed by atoms with Crippen LogP contribution in [0.15, 0.2) is 72.8 Å². The smallest absolute Gasteiger partial charge is 0.407 e. The number of rotatable bonds is 7. The molecule has 1 heterocycles. The van der Waals surface area contributed by atoms with Crippen LogP contribution < -0.4 is 5.32 Å². The summed E-state index contributed by atoms with van der Waals surface area (Å²) in [4.78, 5) is 37.8. The number of hydrogen-bond donors (Lipinski definition) is 2. The third-order valence-corrected chi connectivity index (χ3v) is 6.85. The number of aliphatic carboxylic acids is 1. The van der Waals surface area contributed by atoms with E-state index in [-0.39, 0.29) is 31.4 Å². The Morgan fingerprint density at radius 3 is 2.09 bits per heavy atom. The van der Waals surface area contributed by atoms with Crippen LogP contribution in [0.1, 0.15) is 34.6 Å². The summed E-state index contributed by atoms with van der Waals surface area (Å²) in [5.41, 5.74) is 6.19. The number of amides is 2. The molecule has 5 rings (SSSR count). The molecule has 1 aliphatic carbocycles. The van der Waals surface area contributed by atoms with Gasteiger partial charge in [0.25, 0.3) is 0 Å². The zero-order chi connectivity index (χ0) is 24.4. The molecule has 2 amide bonds. The SMILES string of the molecule is O=C(NCc1ccccc1CC(=O)N1CCC1C(=O)O)OCC1c2ccccc2-c2ccccc21. The van der Waals surface area contributed by atoms with Crippen LogP contribution in [-0.4, -0.2) is 47.2 Å². The highest BCUT2D eigenvalue weighted by Gasteiger charge is 2.37. The molecule has 178 valence electrons. The lowest BCUT2D eigenvalue weighted by molar-refractivity contribution is -0.156. The number of benzene rings is 3. The topological polar surface area (TPSA) is 95.9 Å². The van der Waals surface area contributed by atoms with Gasteiger partial charge in [0.15, 0.2) is 0 Å². The van der Waals surface area contributed by atoms with Crippen LogP contribution in [0.2, 0.25) is 0 Å². The van der Waals surface area contributed by atoms with Gasteiger partial charge in [-0.15, -0.1) is 0 Å². The van der Waals surface area contributed by atoms with Gasteiger partial charge in [0.1, 0.15) is 12.6 Å². The zero-order valence-corrected chi connectivity index (χ0v) is 19.1. The minimum atomic E-state index is -0.977. The van der Waals surface area contributed by atoms with E-state index in [1.54, 1.807) is 0 Å². The zero-order valence-electron chi connectivity index (χ0n) is 19.1. The van der Waals surface area contributed by atoms with E-state index in [0.29, 0.717) is 13.0 Å². The maximum Gasteiger partial charge on any atom is 0.407 e. The van der Waals surface area contributed by atoms with E-state index in [1.165, 1.54) is 16.0 Å². The summed E-state index contributed by atoms with van der Waals surface area (Å²) in [7, 11) is 0. The monoisotopic (exact) mass is 470 g/mol. The van der Waals surface area contributed by atoms with E-state index < -0.39 is 18.1 Å². The third kappa shape index (κ3) is 4.49. The normalized spacial score (nSPS) is 16.1. The highest BCUT2D eigenvalue weighted by atomic mass is 16.5. The maximum atomic E-state index is 12.6. The first-order valence-electron chi connectivity index (χ1n) is 11.7. The number of nitrogens with one attached hydrogen (secondary N) is 1. The summed E-state index contributed by atoms with van der Waals surface area (Å²) >= 11 is 0. The van der Waals surface area contributed by atoms with Gasteiger partial charge in [0.2, 0.25) is 5.91 Å². The predicted molar refractivity (Wildman–Crippen MR) is 130 cm³/mol. The standard InChI is InChI=1S/C28H26N2O5/c31-26(30-14-13-25(30)27(32)33)15-18-7-1-2-8-19(18)16-29-28(34)35-17-24-22-11-5-3-9-20(22)21-10-4-6-12-23(21)24/h1-12,24-25H,13-17H2,(H,29,34)(H,32,33). The minimum Gasteiger partial charge on any atom is -0.480 e. The summed E-state index contributed by atoms with van der Waals surface area (Å²) in [5, 5.41) is 12.0. The van der Waals surface area contributed by atoms with Gasteiger partial charge in [-0.1, -0.05) is 72.8 Å². The summed E-state index contributed by atoms with van der Waals surface area (Å²) in [5.74, 6) is -1.22. The molecule has 0 radical (unpaired) electrons. The Balaban J connectivity index is 1.19. The maximum absolute atomic E-state index is 12.6. The van der Waals surface area contributed by atoms with Crippen LogP contribution in [0.4, 0.5) is 4.79 Å². The van der Waals surface area contributed by atoms with Gasteiger partial charge in [-0.2, -0.15) is 0 Å². The molecule has 1 saturated heterocycles. The van der Waals surface area contributed by atoms with Crippen molar-refractivity contribution in [1.29, 1.82) is 0 Å². The molecule has 0 aromatic heterocycles. The summed E-state index contributed by atoms with van der Waals surface area (Å²) in [6, 6.07) is 22.9. The molecule has 0 spiro atoms. The van der Waals surface area contributed by atoms with Crippen molar-refractivity contribution < 1.29 is 24.2 Å². The molecule has 1 unspecified atom stereocenters. The number of carboxylic acids is 1. The van der Waals surface area contributed by atoms with E-state index in [9.17, 15) is 19.5 Å². The number of fused-ring (bicyclic) bond motifs is 3. The van der Waals surface area contributed by atoms with Gasteiger partial charge < -0.3 is 20.1 Å². The second kappa shape index (κ2) is 9.62. The van der Waals surface area contributed by atoms with E-state index in [0.717, 1.165) is 22.3 Å². The van der Waals surface area contributed by atoms with Crippen LogP contribution in [0.25, 0.3) is 11.1 Å². The Morgan fingerprint density at radius 1 is 0.886 bits per heavy atom. The van der Waals surface area contributed by atoms with Crippen molar-refractivity contribution in [3.8, 4) is 11.1 Å². The van der Waals surface area contributed by atoms with Gasteiger partial charge in [-0.25, -0.2) is 9.59 Å². The van der Waals surface area contributed by atoms with Crippen molar-refractivity contribution in [1.82, 2.24) is 10.2 Å². The predicted octanol–water partition coefficient (Wildman–Crippen LogP) is 3.95. The molecular weight excluding hydrogens is 444 g/mol. The molecule has 35 heavy (non-hydrogen) atoms. The van der Waals surface area contributed by atoms with Crippen molar-refractivity contribution in [2.24, 2.45) is 0 Å². The van der Waals surface area contributed by atoms with Crippen LogP contribution >= 0.6 is 0 Å². The molecule has 1 atom stereocenters. The van der Waals surface area contributed by atoms with Crippen LogP contribution in [0.5, 0.6) is 0 Å². The third-order valence-electron chi connectivity index (χ3n) is 6.85. The van der Waals surface area contributed by atoms with E-state index >= 15 is 0 Å². The highest BCUT2D eigenvalue weighted by Crippen LogP contribution is 2.44. The van der Waals surface area contributed by atoms with Crippen LogP contribution in [-0.2, 0) is 27.3 Å². The van der Waals surface area contributed by atoms with Gasteiger partial charge >= 0.3 is 12.1 Å². The lowest BCUT2D eigenvalue weighted by Crippen LogP contribution is -2.55. The Kier molecular flexibility index (Phi) is 6.23. The molecule has 3 aromatic carbocycles. The average molecular weight is 471 g/mol. The van der Waals surface area contributed by atoms with E-state index in [4.69, 9.17) is 4.74 Å². The summed E-state index contributed by atoms with van der Waals surface area (Å²) < 4.78 is 5.60. The van der Waals surface area contributed by atoms with Crippen molar-refractivity contribution in [2.45, 2.75) is 31.3 Å². The number of nitrogens with zero attached hydrogens (tertiary/aromatic N) is 1. The summed E-state index contributed by atoms with van der Waals surface area (Å²) in [6.45, 7) is 0.893. The first-order valence-corrected chi connectivity index (χ1v) is 11.7. The molecule has 1 aliphatic heterocycles. The first-order chi connectivity index (χ1) is 17.0. The Bertz CT molecular complexity index is 1240. The number of carboxylic acid groups (broad SMARTS) is 1. The fourth-order valence-electron chi connectivity index (χ4n) is 4.93. The number of alkyl carbamates (subject to hydrolysis) is 1. The van der Waals surface area contributed by atoms with Crippen LogP contribution in [0.3, 0.4) is 0 Å². The van der Waals surface area contributed by atoms with Crippen molar-refractivity contribution in [3.63, 3.8) is 0 Å². The molecule has 7 heteroatoms. The Hall–Kier alpha value is -4.13. The van der Waals surface area contributed by atoms with Gasteiger partial charge in [0, 0.05) is 19.0 Å². The number of hydrogen-bond acceptors (Lipinski definition) is 4. The lowest BCUT2D eigenvalue weighted by Gasteiger charge is -2.38. The van der Waals surface area contributed by atoms with E-state index in [1.807, 2.05) is 48.5 Å². The lowest BCUT2D eigenvalue weighted by atomic mass is 9.98. The summed E-state index contributed by atoms with van der Waals surface area (Å²) in [6.07, 6.45) is 0.0416. The Morgan fingerprint density at radius 2 is 1.49 bits per heavy atom. The molecule has 0 bridgehead atoms. The second-order valence-corrected chi connectivity index (χ2v) is 8.85. The quantitative estimate of drug-likeness (QED) is 0.545. The van der Waals surface area contributed by atoms with Crippen LogP contribution in [0, 0.1) is 0 Å². The van der Waals surface area contributed by atoms with Crippen molar-refractivity contribution in [2.75, 3.05) is 13.2 Å². The molecule has 2 aliphatic rings. The van der Waals surface area contributed by atoms with Gasteiger partial charge in [0.05, 0.1) is 6.42 Å². The molecule has 2 N–H and O–H groups in total. The average Bonchev–Trinajstić information content (AvgIpc) is 3.15. The molecule has 7 nitrogen and oxygen atoms in total. The Labute approximate surface area is 203 Å². The fraction of sp³-hybridized carbons (Fsp3) is 0.250. The largest absolute Gasteiger partial charge is 0.480 e. The number of ether oxygens (including phenoxy) is 1. The van der Waals surface area contributed by atoms with Gasteiger partial charge in [-0.3, -0.25) is 4.79 Å². The number of likely N-dealkylation sites (tertiary alicyclic amines) is 1. The van der Waals surface area contributed by atoms with Crippen molar-refractivity contribution >= 4 is 18.0 Å². The number of carbonyl (C=O) groups is 3. The molecule has 0 saturated carbocycles. The van der Waals surface area contributed by atoms with Crippen molar-refractivity contribution in [3.05, 3.63) is 95.1 Å². The fourth-order valence-corrected chi connectivity index (χ4v) is 4.93. The number of carbonyl (C=O) groups excluding carboxylic acids is 2. The molecular formula is C28H26N2O5. The molecule has 1 fully saturated rings. The second-order valence-electron chi connectivity index (χ2n) is 8.85. The van der Waals surface area contributed by atoms with E-state index in [2.05, 4.69) is 29.6 Å².